The molecule has 2 aromatic heterocycles. The van der Waals surface area contributed by atoms with Gasteiger partial charge in [-0.05, 0) is 51.7 Å². The lowest BCUT2D eigenvalue weighted by molar-refractivity contribution is 0.0940. The van der Waals surface area contributed by atoms with E-state index < -0.39 is 0 Å². The predicted octanol–water partition coefficient (Wildman–Crippen LogP) is 4.91. The van der Waals surface area contributed by atoms with E-state index in [9.17, 15) is 4.79 Å². The number of halogens is 1. The molecule has 0 unspecified atom stereocenters. The van der Waals surface area contributed by atoms with Crippen LogP contribution in [0.1, 0.15) is 29.9 Å². The van der Waals surface area contributed by atoms with Crippen molar-refractivity contribution in [2.24, 2.45) is 5.92 Å². The van der Waals surface area contributed by atoms with Gasteiger partial charge in [-0.2, -0.15) is 0 Å². The molecule has 0 aliphatic heterocycles. The molecule has 0 atom stereocenters. The number of benzene rings is 1. The molecule has 0 aliphatic carbocycles. The fourth-order valence-corrected chi connectivity index (χ4v) is 4.28. The van der Waals surface area contributed by atoms with Crippen LogP contribution in [-0.2, 0) is 6.54 Å². The topological polar surface area (TPSA) is 43.3 Å². The van der Waals surface area contributed by atoms with E-state index in [1.807, 2.05) is 30.3 Å². The number of rotatable bonds is 6. The number of hydrogen-bond donors (Lipinski definition) is 1. The summed E-state index contributed by atoms with van der Waals surface area (Å²) in [5.74, 6) is 1.20. The minimum Gasteiger partial charge on any atom is -0.497 e. The van der Waals surface area contributed by atoms with Crippen molar-refractivity contribution in [2.75, 3.05) is 13.7 Å². The van der Waals surface area contributed by atoms with Crippen molar-refractivity contribution in [1.29, 1.82) is 0 Å². The van der Waals surface area contributed by atoms with E-state index in [4.69, 9.17) is 4.74 Å². The molecule has 1 amide bonds. The first-order valence-electron chi connectivity index (χ1n) is 8.17. The third kappa shape index (κ3) is 4.07. The SMILES string of the molecule is COc1cccc(Cn2c(C(=O)NCC(C)C)cc3sc(Br)cc32)c1. The van der Waals surface area contributed by atoms with Crippen molar-refractivity contribution >= 4 is 43.4 Å². The molecule has 4 nitrogen and oxygen atoms in total. The van der Waals surface area contributed by atoms with Crippen LogP contribution >= 0.6 is 27.3 Å². The molecule has 2 heterocycles. The van der Waals surface area contributed by atoms with E-state index in [0.717, 1.165) is 25.3 Å². The first-order chi connectivity index (χ1) is 12.0. The number of carbonyl (C=O) groups excluding carboxylic acids is 1. The zero-order chi connectivity index (χ0) is 18.0. The van der Waals surface area contributed by atoms with Crippen molar-refractivity contribution in [1.82, 2.24) is 9.88 Å². The van der Waals surface area contributed by atoms with Gasteiger partial charge in [0.1, 0.15) is 11.4 Å². The highest BCUT2D eigenvalue weighted by molar-refractivity contribution is 9.11. The van der Waals surface area contributed by atoms with Gasteiger partial charge >= 0.3 is 0 Å². The predicted molar refractivity (Wildman–Crippen MR) is 107 cm³/mol. The Hall–Kier alpha value is -1.79. The maximum atomic E-state index is 12.7. The molecule has 0 saturated carbocycles. The van der Waals surface area contributed by atoms with Crippen LogP contribution in [0.2, 0.25) is 0 Å². The number of carbonyl (C=O) groups is 1. The number of methoxy groups -OCH3 is 1. The van der Waals surface area contributed by atoms with Crippen molar-refractivity contribution < 1.29 is 9.53 Å². The number of nitrogens with one attached hydrogen (secondary N) is 1. The molecule has 0 bridgehead atoms. The summed E-state index contributed by atoms with van der Waals surface area (Å²) in [6.07, 6.45) is 0. The molecule has 1 aromatic carbocycles. The Balaban J connectivity index is 1.98. The van der Waals surface area contributed by atoms with Crippen molar-refractivity contribution in [2.45, 2.75) is 20.4 Å². The summed E-state index contributed by atoms with van der Waals surface area (Å²) in [7, 11) is 1.66. The van der Waals surface area contributed by atoms with Crippen LogP contribution in [0.25, 0.3) is 10.2 Å². The average molecular weight is 421 g/mol. The number of amides is 1. The van der Waals surface area contributed by atoms with Gasteiger partial charge in [0.2, 0.25) is 0 Å². The molecule has 3 rings (SSSR count). The molecular formula is C19H21BrN2O2S. The third-order valence-corrected chi connectivity index (χ3v) is 5.51. The first-order valence-corrected chi connectivity index (χ1v) is 9.78. The lowest BCUT2D eigenvalue weighted by Gasteiger charge is -2.12. The molecule has 25 heavy (non-hydrogen) atoms. The second-order valence-corrected chi connectivity index (χ2v) is 8.83. The third-order valence-electron chi connectivity index (χ3n) is 3.94. The van der Waals surface area contributed by atoms with Crippen LogP contribution in [0.4, 0.5) is 0 Å². The Labute approximate surface area is 159 Å². The van der Waals surface area contributed by atoms with E-state index >= 15 is 0 Å². The van der Waals surface area contributed by atoms with Crippen LogP contribution in [0, 0.1) is 5.92 Å². The molecule has 6 heteroatoms. The number of thiophene rings is 1. The van der Waals surface area contributed by atoms with Gasteiger partial charge in [0.25, 0.3) is 5.91 Å². The highest BCUT2D eigenvalue weighted by Crippen LogP contribution is 2.33. The Morgan fingerprint density at radius 1 is 1.32 bits per heavy atom. The largest absolute Gasteiger partial charge is 0.497 e. The van der Waals surface area contributed by atoms with Crippen LogP contribution in [0.5, 0.6) is 5.75 Å². The molecule has 0 saturated heterocycles. The lowest BCUT2D eigenvalue weighted by atomic mass is 10.2. The number of fused-ring (bicyclic) bond motifs is 1. The Bertz CT molecular complexity index is 898. The summed E-state index contributed by atoms with van der Waals surface area (Å²) in [5, 5.41) is 3.02. The maximum absolute atomic E-state index is 12.7. The van der Waals surface area contributed by atoms with E-state index in [2.05, 4.69) is 45.7 Å². The van der Waals surface area contributed by atoms with Crippen LogP contribution in [-0.4, -0.2) is 24.1 Å². The van der Waals surface area contributed by atoms with Crippen molar-refractivity contribution in [3.05, 3.63) is 51.4 Å². The van der Waals surface area contributed by atoms with Gasteiger partial charge in [0.05, 0.1) is 21.1 Å². The molecule has 0 aliphatic rings. The standard InChI is InChI=1S/C19H21BrN2O2S/c1-12(2)10-21-19(23)16-8-17-15(9-18(20)25-17)22(16)11-13-5-4-6-14(7-13)24-3/h4-9,12H,10-11H2,1-3H3,(H,21,23). The normalized spacial score (nSPS) is 11.2. The van der Waals surface area contributed by atoms with Gasteiger partial charge in [-0.15, -0.1) is 11.3 Å². The molecule has 132 valence electrons. The average Bonchev–Trinajstić information content (AvgIpc) is 3.10. The fraction of sp³-hybridized carbons (Fsp3) is 0.316. The molecular weight excluding hydrogens is 400 g/mol. The van der Waals surface area contributed by atoms with Gasteiger partial charge in [0, 0.05) is 13.1 Å². The van der Waals surface area contributed by atoms with Crippen molar-refractivity contribution in [3.63, 3.8) is 0 Å². The zero-order valence-electron chi connectivity index (χ0n) is 14.5. The highest BCUT2D eigenvalue weighted by atomic mass is 79.9. The Morgan fingerprint density at radius 2 is 2.12 bits per heavy atom. The monoisotopic (exact) mass is 420 g/mol. The number of ether oxygens (including phenoxy) is 1. The summed E-state index contributed by atoms with van der Waals surface area (Å²) in [5.41, 5.74) is 2.85. The van der Waals surface area contributed by atoms with Gasteiger partial charge in [0.15, 0.2) is 0 Å². The second kappa shape index (κ2) is 7.62. The van der Waals surface area contributed by atoms with Gasteiger partial charge < -0.3 is 14.6 Å². The molecule has 0 fully saturated rings. The van der Waals surface area contributed by atoms with E-state index in [0.29, 0.717) is 24.7 Å². The Kier molecular flexibility index (Phi) is 5.49. The van der Waals surface area contributed by atoms with Gasteiger partial charge in [-0.3, -0.25) is 4.79 Å². The quantitative estimate of drug-likeness (QED) is 0.615. The lowest BCUT2D eigenvalue weighted by Crippen LogP contribution is -2.29. The Morgan fingerprint density at radius 3 is 2.84 bits per heavy atom. The molecule has 1 N–H and O–H groups in total. The minimum absolute atomic E-state index is 0.0314. The summed E-state index contributed by atoms with van der Waals surface area (Å²) < 4.78 is 9.55. The molecule has 0 spiro atoms. The zero-order valence-corrected chi connectivity index (χ0v) is 16.9. The number of aromatic nitrogens is 1. The number of hydrogen-bond acceptors (Lipinski definition) is 3. The summed E-state index contributed by atoms with van der Waals surface area (Å²) in [6, 6.07) is 12.0. The molecule has 0 radical (unpaired) electrons. The van der Waals surface area contributed by atoms with Crippen LogP contribution in [0.15, 0.2) is 40.2 Å². The van der Waals surface area contributed by atoms with Crippen LogP contribution in [0.3, 0.4) is 0 Å². The summed E-state index contributed by atoms with van der Waals surface area (Å²) in [6.45, 7) is 5.46. The fourth-order valence-electron chi connectivity index (χ4n) is 2.71. The van der Waals surface area contributed by atoms with Gasteiger partial charge in [-0.25, -0.2) is 0 Å². The smallest absolute Gasteiger partial charge is 0.267 e. The van der Waals surface area contributed by atoms with E-state index in [1.165, 1.54) is 0 Å². The second-order valence-electron chi connectivity index (χ2n) is 6.37. The van der Waals surface area contributed by atoms with E-state index in [1.54, 1.807) is 18.4 Å². The van der Waals surface area contributed by atoms with Crippen LogP contribution < -0.4 is 10.1 Å². The first kappa shape index (κ1) is 18.0. The van der Waals surface area contributed by atoms with E-state index in [-0.39, 0.29) is 5.91 Å². The highest BCUT2D eigenvalue weighted by Gasteiger charge is 2.18. The molecule has 3 aromatic rings. The maximum Gasteiger partial charge on any atom is 0.267 e. The van der Waals surface area contributed by atoms with Crippen molar-refractivity contribution in [3.8, 4) is 5.75 Å². The minimum atomic E-state index is -0.0314. The summed E-state index contributed by atoms with van der Waals surface area (Å²) >= 11 is 5.18. The number of nitrogens with zero attached hydrogens (tertiary/aromatic N) is 1. The summed E-state index contributed by atoms with van der Waals surface area (Å²) in [4.78, 5) is 12.7. The van der Waals surface area contributed by atoms with Gasteiger partial charge in [-0.1, -0.05) is 26.0 Å².